The number of hydrogen-bond donors (Lipinski definition) is 0. The molecule has 0 spiro atoms. The molecule has 0 atom stereocenters. The third kappa shape index (κ3) is 5.69. The van der Waals surface area contributed by atoms with Crippen LogP contribution in [0, 0.1) is 0 Å². The summed E-state index contributed by atoms with van der Waals surface area (Å²) in [5.41, 5.74) is 20.9. The normalized spacial score (nSPS) is 13.9. The molecule has 0 saturated heterocycles. The van der Waals surface area contributed by atoms with Gasteiger partial charge in [0.05, 0.1) is 33.3 Å². The van der Waals surface area contributed by atoms with Gasteiger partial charge < -0.3 is 13.5 Å². The van der Waals surface area contributed by atoms with Crippen LogP contribution in [0.15, 0.2) is 158 Å². The Labute approximate surface area is 433 Å². The molecule has 2 aliphatic heterocycles. The van der Waals surface area contributed by atoms with Gasteiger partial charge >= 0.3 is 0 Å². The molecule has 4 aromatic heterocycles. The zero-order chi connectivity index (χ0) is 50.9. The van der Waals surface area contributed by atoms with Gasteiger partial charge in [-0.05, 0) is 130 Å². The van der Waals surface area contributed by atoms with E-state index in [9.17, 15) is 0 Å². The van der Waals surface area contributed by atoms with E-state index in [1.54, 1.807) is 0 Å². The van der Waals surface area contributed by atoms with E-state index in [0.717, 1.165) is 0 Å². The molecule has 0 bridgehead atoms. The first-order valence-corrected chi connectivity index (χ1v) is 27.0. The Balaban J connectivity index is 1.28. The fraction of sp³-hybridized carbons (Fsp3) is 0.229. The maximum absolute atomic E-state index is 2.74. The van der Waals surface area contributed by atoms with Crippen LogP contribution in [0.25, 0.3) is 115 Å². The van der Waals surface area contributed by atoms with E-state index in [1.165, 1.54) is 153 Å². The van der Waals surface area contributed by atoms with Crippen molar-refractivity contribution in [3.8, 4) is 11.4 Å². The van der Waals surface area contributed by atoms with Gasteiger partial charge in [0.25, 0.3) is 6.71 Å². The number of rotatable bonds is 0. The first-order chi connectivity index (χ1) is 35.3. The van der Waals surface area contributed by atoms with Crippen molar-refractivity contribution < 1.29 is 0 Å². The van der Waals surface area contributed by atoms with Crippen molar-refractivity contribution in [1.29, 1.82) is 0 Å². The molecule has 2 aliphatic rings. The quantitative estimate of drug-likeness (QED) is 0.135. The Kier molecular flexibility index (Phi) is 8.43. The van der Waals surface area contributed by atoms with E-state index < -0.39 is 0 Å². The fourth-order valence-electron chi connectivity index (χ4n) is 13.7. The summed E-state index contributed by atoms with van der Waals surface area (Å²) in [4.78, 5) is 0. The Morgan fingerprint density at radius 3 is 1.28 bits per heavy atom. The van der Waals surface area contributed by atoms with Gasteiger partial charge in [0.2, 0.25) is 0 Å². The molecule has 0 saturated carbocycles. The minimum Gasteiger partial charge on any atom is -0.310 e. The molecule has 4 heteroatoms. The summed E-state index contributed by atoms with van der Waals surface area (Å²) in [6, 6.07) is 62.2. The van der Waals surface area contributed by atoms with E-state index in [4.69, 9.17) is 0 Å². The van der Waals surface area contributed by atoms with Crippen LogP contribution in [0.4, 0.5) is 0 Å². The number of aromatic nitrogens is 3. The first kappa shape index (κ1) is 44.0. The number of nitrogens with zero attached hydrogens (tertiary/aromatic N) is 3. The monoisotopic (exact) mass is 956 g/mol. The average molecular weight is 956 g/mol. The van der Waals surface area contributed by atoms with Crippen LogP contribution in [-0.2, 0) is 21.7 Å². The lowest BCUT2D eigenvalue weighted by molar-refractivity contribution is 0.590. The third-order valence-corrected chi connectivity index (χ3v) is 17.6. The van der Waals surface area contributed by atoms with E-state index in [2.05, 4.69) is 254 Å². The van der Waals surface area contributed by atoms with Crippen LogP contribution >= 0.6 is 0 Å². The molecule has 360 valence electrons. The van der Waals surface area contributed by atoms with Crippen LogP contribution < -0.4 is 16.4 Å². The van der Waals surface area contributed by atoms with E-state index >= 15 is 0 Å². The molecule has 0 N–H and O–H groups in total. The summed E-state index contributed by atoms with van der Waals surface area (Å²) in [5, 5.41) is 15.4. The molecule has 3 nitrogen and oxygen atoms in total. The molecule has 0 fully saturated rings. The third-order valence-electron chi connectivity index (χ3n) is 17.6. The standard InChI is InChI=1S/C70H62BN3/c1-67(2,3)39-28-30-57-50(32-39)52-34-41(69(7,8)9)36-54-64(52)73(57)60-38-59-61(66-62(60)71(54)55-37-42(70(10,11)12)35-53-51-33-40(68(4,5)6)29-31-58(51)74(66)65(53)55)49-26-19-25-48-46-23-16-14-21-44(46)43-20-13-15-22-45(43)47-24-17-18-27-56(47)72(59)63(48)49/h13-38H,1-12H3. The Hall–Kier alpha value is -7.56. The van der Waals surface area contributed by atoms with Crippen LogP contribution in [0.5, 0.6) is 0 Å². The van der Waals surface area contributed by atoms with Gasteiger partial charge in [-0.3, -0.25) is 0 Å². The van der Waals surface area contributed by atoms with Gasteiger partial charge in [0, 0.05) is 59.8 Å². The molecule has 13 aromatic rings. The highest BCUT2D eigenvalue weighted by Gasteiger charge is 2.44. The predicted molar refractivity (Wildman–Crippen MR) is 322 cm³/mol. The van der Waals surface area contributed by atoms with Gasteiger partial charge in [-0.15, -0.1) is 0 Å². The highest BCUT2D eigenvalue weighted by Crippen LogP contribution is 2.48. The van der Waals surface area contributed by atoms with E-state index in [-0.39, 0.29) is 28.4 Å². The molecule has 74 heavy (non-hydrogen) atoms. The van der Waals surface area contributed by atoms with Crippen LogP contribution in [0.2, 0.25) is 0 Å². The summed E-state index contributed by atoms with van der Waals surface area (Å²) in [6.07, 6.45) is 0. The smallest absolute Gasteiger partial charge is 0.252 e. The van der Waals surface area contributed by atoms with Crippen molar-refractivity contribution >= 4 is 126 Å². The minimum atomic E-state index is -0.0829. The lowest BCUT2D eigenvalue weighted by atomic mass is 9.33. The Morgan fingerprint density at radius 2 is 0.743 bits per heavy atom. The summed E-state index contributed by atoms with van der Waals surface area (Å²) in [5.74, 6) is 0. The summed E-state index contributed by atoms with van der Waals surface area (Å²) >= 11 is 0. The topological polar surface area (TPSA) is 14.3 Å². The predicted octanol–water partition coefficient (Wildman–Crippen LogP) is 16.8. The van der Waals surface area contributed by atoms with E-state index in [0.29, 0.717) is 0 Å². The van der Waals surface area contributed by atoms with Gasteiger partial charge in [-0.25, -0.2) is 0 Å². The van der Waals surface area contributed by atoms with Gasteiger partial charge in [-0.2, -0.15) is 0 Å². The zero-order valence-electron chi connectivity index (χ0n) is 44.9. The zero-order valence-corrected chi connectivity index (χ0v) is 44.9. The maximum atomic E-state index is 2.74. The van der Waals surface area contributed by atoms with E-state index in [1.807, 2.05) is 0 Å². The van der Waals surface area contributed by atoms with Crippen molar-refractivity contribution in [3.63, 3.8) is 0 Å². The van der Waals surface area contributed by atoms with Crippen molar-refractivity contribution in [2.45, 2.75) is 105 Å². The molecule has 15 rings (SSSR count). The maximum Gasteiger partial charge on any atom is 0.252 e. The van der Waals surface area contributed by atoms with Gasteiger partial charge in [-0.1, -0.05) is 192 Å². The lowest BCUT2D eigenvalue weighted by Gasteiger charge is -2.36. The highest BCUT2D eigenvalue weighted by atomic mass is 15.0. The Morgan fingerprint density at radius 1 is 0.311 bits per heavy atom. The summed E-state index contributed by atoms with van der Waals surface area (Å²) in [6.45, 7) is 28.5. The number of para-hydroxylation sites is 2. The van der Waals surface area contributed by atoms with Crippen LogP contribution in [0.1, 0.15) is 105 Å². The van der Waals surface area contributed by atoms with Crippen LogP contribution in [-0.4, -0.2) is 20.2 Å². The Bertz CT molecular complexity index is 4750. The second kappa shape index (κ2) is 14.2. The van der Waals surface area contributed by atoms with Gasteiger partial charge in [0.15, 0.2) is 0 Å². The molecule has 0 radical (unpaired) electrons. The molecular weight excluding hydrogens is 894 g/mol. The van der Waals surface area contributed by atoms with Crippen molar-refractivity contribution in [2.75, 3.05) is 0 Å². The number of benzene rings is 9. The number of hydrogen-bond acceptors (Lipinski definition) is 0. The molecule has 0 unspecified atom stereocenters. The lowest BCUT2D eigenvalue weighted by Crippen LogP contribution is -2.59. The second-order valence-corrected chi connectivity index (χ2v) is 26.2. The molecule has 6 heterocycles. The molecule has 0 amide bonds. The van der Waals surface area contributed by atoms with Gasteiger partial charge in [0.1, 0.15) is 0 Å². The second-order valence-electron chi connectivity index (χ2n) is 26.2. The highest BCUT2D eigenvalue weighted by molar-refractivity contribution is 7.00. The molecular formula is C70H62BN3. The van der Waals surface area contributed by atoms with Crippen molar-refractivity contribution in [1.82, 2.24) is 13.5 Å². The average Bonchev–Trinajstić information content (AvgIpc) is 4.03. The fourth-order valence-corrected chi connectivity index (χ4v) is 13.7. The molecule has 9 aromatic carbocycles. The minimum absolute atomic E-state index is 0.0145. The summed E-state index contributed by atoms with van der Waals surface area (Å²) in [7, 11) is 0. The van der Waals surface area contributed by atoms with Crippen LogP contribution in [0.3, 0.4) is 0 Å². The summed E-state index contributed by atoms with van der Waals surface area (Å²) < 4.78 is 8.11. The van der Waals surface area contributed by atoms with Crippen molar-refractivity contribution in [2.24, 2.45) is 0 Å². The first-order valence-electron chi connectivity index (χ1n) is 27.0. The number of fused-ring (bicyclic) bond motifs is 21. The molecule has 0 aliphatic carbocycles. The van der Waals surface area contributed by atoms with Crippen molar-refractivity contribution in [3.05, 3.63) is 180 Å². The largest absolute Gasteiger partial charge is 0.310 e. The SMILES string of the molecule is CC(C)(C)c1ccc2c(c1)c1cc(C(C)(C)C)cc3c1n2-c1cc2c(c4c1B3c1cc(C(C)(C)C)cc3c5cc(C(C)(C)C)ccc5n-4c13)c1cccc3c4ccccc4c4ccccc4c4ccccc4n2c31.